The van der Waals surface area contributed by atoms with Crippen LogP contribution in [0.2, 0.25) is 0 Å². The summed E-state index contributed by atoms with van der Waals surface area (Å²) in [6.07, 6.45) is 3.87. The van der Waals surface area contributed by atoms with Crippen molar-refractivity contribution in [2.24, 2.45) is 5.92 Å². The summed E-state index contributed by atoms with van der Waals surface area (Å²) in [5.41, 5.74) is 0. The highest BCUT2D eigenvalue weighted by molar-refractivity contribution is 5.73. The Morgan fingerprint density at radius 3 is 2.88 bits per heavy atom. The summed E-state index contributed by atoms with van der Waals surface area (Å²) in [4.78, 5) is 21.9. The van der Waals surface area contributed by atoms with Crippen LogP contribution in [0.1, 0.15) is 32.5 Å². The summed E-state index contributed by atoms with van der Waals surface area (Å²) >= 11 is 0. The molecule has 0 aliphatic heterocycles. The fourth-order valence-electron chi connectivity index (χ4n) is 2.13. The van der Waals surface area contributed by atoms with Crippen molar-refractivity contribution in [3.05, 3.63) is 36.2 Å². The van der Waals surface area contributed by atoms with Gasteiger partial charge in [-0.05, 0) is 25.0 Å². The van der Waals surface area contributed by atoms with Gasteiger partial charge in [0, 0.05) is 19.7 Å². The summed E-state index contributed by atoms with van der Waals surface area (Å²) in [5, 5.41) is 6.72. The van der Waals surface area contributed by atoms with Crippen LogP contribution in [0, 0.1) is 5.92 Å². The van der Waals surface area contributed by atoms with Crippen molar-refractivity contribution in [1.82, 2.24) is 25.3 Å². The molecule has 2 heterocycles. The lowest BCUT2D eigenvalue weighted by atomic mass is 10.1. The molecule has 2 aromatic rings. The minimum absolute atomic E-state index is 0.177. The van der Waals surface area contributed by atoms with E-state index < -0.39 is 0 Å². The zero-order chi connectivity index (χ0) is 18.2. The average Bonchev–Trinajstić information content (AvgIpc) is 2.99. The maximum Gasteiger partial charge on any atom is 0.317 e. The molecule has 0 spiro atoms. The quantitative estimate of drug-likeness (QED) is 0.787. The van der Waals surface area contributed by atoms with Gasteiger partial charge in [-0.15, -0.1) is 0 Å². The molecule has 25 heavy (non-hydrogen) atoms. The van der Waals surface area contributed by atoms with Crippen molar-refractivity contribution in [2.45, 2.75) is 39.8 Å². The second kappa shape index (κ2) is 9.00. The maximum atomic E-state index is 12.1. The van der Waals surface area contributed by atoms with Gasteiger partial charge in [-0.1, -0.05) is 19.0 Å². The van der Waals surface area contributed by atoms with Gasteiger partial charge in [0.1, 0.15) is 11.9 Å². The first-order valence-electron chi connectivity index (χ1n) is 8.31. The molecule has 0 bridgehead atoms. The maximum absolute atomic E-state index is 12.1. The van der Waals surface area contributed by atoms with Crippen LogP contribution in [0.5, 0.6) is 5.75 Å². The summed E-state index contributed by atoms with van der Waals surface area (Å²) in [5.74, 6) is 2.20. The highest BCUT2D eigenvalue weighted by atomic mass is 16.5. The second-order valence-electron chi connectivity index (χ2n) is 6.36. The molecule has 8 heteroatoms. The molecular weight excluding hydrogens is 322 g/mol. The lowest BCUT2D eigenvalue weighted by Gasteiger charge is -2.19. The number of carbonyl (C=O) groups excluding carboxylic acids is 1. The molecule has 2 aromatic heterocycles. The number of ether oxygens (including phenoxy) is 1. The number of hydrogen-bond donors (Lipinski definition) is 1. The number of nitrogens with zero attached hydrogens (tertiary/aromatic N) is 4. The van der Waals surface area contributed by atoms with Gasteiger partial charge in [0.15, 0.2) is 5.82 Å². The SMILES string of the molecule is CC(C)Cc1nc(CN(C)C(=O)NC[C@H](C)Oc2cccnc2)no1. The second-order valence-corrected chi connectivity index (χ2v) is 6.36. The first kappa shape index (κ1) is 18.7. The Balaban J connectivity index is 1.75. The number of rotatable bonds is 8. The van der Waals surface area contributed by atoms with Gasteiger partial charge in [-0.3, -0.25) is 4.98 Å². The Morgan fingerprint density at radius 1 is 1.40 bits per heavy atom. The summed E-state index contributed by atoms with van der Waals surface area (Å²) < 4.78 is 10.8. The molecule has 1 atom stereocenters. The van der Waals surface area contributed by atoms with E-state index in [-0.39, 0.29) is 18.7 Å². The highest BCUT2D eigenvalue weighted by Crippen LogP contribution is 2.09. The molecule has 2 amide bonds. The molecule has 0 saturated carbocycles. The molecule has 0 aromatic carbocycles. The van der Waals surface area contributed by atoms with Crippen molar-refractivity contribution >= 4 is 6.03 Å². The van der Waals surface area contributed by atoms with Crippen LogP contribution in [0.4, 0.5) is 4.79 Å². The third-order valence-corrected chi connectivity index (χ3v) is 3.33. The van der Waals surface area contributed by atoms with Crippen molar-refractivity contribution < 1.29 is 14.1 Å². The number of nitrogens with one attached hydrogen (secondary N) is 1. The van der Waals surface area contributed by atoms with Crippen LogP contribution < -0.4 is 10.1 Å². The van der Waals surface area contributed by atoms with Gasteiger partial charge in [0.05, 0.1) is 19.3 Å². The third-order valence-electron chi connectivity index (χ3n) is 3.33. The summed E-state index contributed by atoms with van der Waals surface area (Å²) in [7, 11) is 1.68. The van der Waals surface area contributed by atoms with E-state index in [9.17, 15) is 4.79 Å². The predicted octanol–water partition coefficient (Wildman–Crippen LogP) is 2.27. The van der Waals surface area contributed by atoms with E-state index in [1.165, 1.54) is 4.90 Å². The van der Waals surface area contributed by atoms with Gasteiger partial charge in [-0.25, -0.2) is 4.79 Å². The minimum Gasteiger partial charge on any atom is -0.487 e. The van der Waals surface area contributed by atoms with Crippen LogP contribution in [0.15, 0.2) is 29.0 Å². The van der Waals surface area contributed by atoms with Crippen LogP contribution in [0.3, 0.4) is 0 Å². The van der Waals surface area contributed by atoms with Gasteiger partial charge in [0.25, 0.3) is 0 Å². The summed E-state index contributed by atoms with van der Waals surface area (Å²) in [6.45, 7) is 6.70. The molecule has 136 valence electrons. The zero-order valence-corrected chi connectivity index (χ0v) is 15.1. The number of hydrogen-bond acceptors (Lipinski definition) is 6. The summed E-state index contributed by atoms with van der Waals surface area (Å²) in [6, 6.07) is 3.40. The Hall–Kier alpha value is -2.64. The van der Waals surface area contributed by atoms with Crippen LogP contribution in [-0.4, -0.2) is 45.8 Å². The Morgan fingerprint density at radius 2 is 2.20 bits per heavy atom. The largest absolute Gasteiger partial charge is 0.487 e. The van der Waals surface area contributed by atoms with Gasteiger partial charge in [0.2, 0.25) is 5.89 Å². The Kier molecular flexibility index (Phi) is 6.73. The molecule has 0 unspecified atom stereocenters. The number of aromatic nitrogens is 3. The van der Waals surface area contributed by atoms with Gasteiger partial charge < -0.3 is 19.5 Å². The fourth-order valence-corrected chi connectivity index (χ4v) is 2.13. The van der Waals surface area contributed by atoms with Crippen molar-refractivity contribution in [2.75, 3.05) is 13.6 Å². The number of carbonyl (C=O) groups is 1. The first-order chi connectivity index (χ1) is 11.9. The van der Waals surface area contributed by atoms with E-state index in [1.54, 1.807) is 25.5 Å². The number of urea groups is 1. The van der Waals surface area contributed by atoms with Gasteiger partial charge >= 0.3 is 6.03 Å². The fraction of sp³-hybridized carbons (Fsp3) is 0.529. The molecule has 0 fully saturated rings. The van der Waals surface area contributed by atoms with Crippen LogP contribution in [-0.2, 0) is 13.0 Å². The van der Waals surface area contributed by atoms with E-state index in [1.807, 2.05) is 13.0 Å². The molecule has 2 rings (SSSR count). The number of pyridine rings is 1. The topological polar surface area (TPSA) is 93.4 Å². The van der Waals surface area contributed by atoms with E-state index in [0.29, 0.717) is 29.9 Å². The molecule has 0 radical (unpaired) electrons. The zero-order valence-electron chi connectivity index (χ0n) is 15.1. The standard InChI is InChI=1S/C17H25N5O3/c1-12(2)8-16-20-15(21-25-16)11-22(4)17(23)19-9-13(3)24-14-6-5-7-18-10-14/h5-7,10,12-13H,8-9,11H2,1-4H3,(H,19,23)/t13-/m0/s1. The van der Waals surface area contributed by atoms with Crippen molar-refractivity contribution in [3.8, 4) is 5.75 Å². The van der Waals surface area contributed by atoms with E-state index >= 15 is 0 Å². The monoisotopic (exact) mass is 347 g/mol. The molecule has 0 saturated heterocycles. The lowest BCUT2D eigenvalue weighted by Crippen LogP contribution is -2.41. The van der Waals surface area contributed by atoms with E-state index in [0.717, 1.165) is 6.42 Å². The average molecular weight is 347 g/mol. The molecular formula is C17H25N5O3. The van der Waals surface area contributed by atoms with Crippen molar-refractivity contribution in [1.29, 1.82) is 0 Å². The minimum atomic E-state index is -0.225. The first-order valence-corrected chi connectivity index (χ1v) is 8.31. The smallest absolute Gasteiger partial charge is 0.317 e. The van der Waals surface area contributed by atoms with Crippen LogP contribution >= 0.6 is 0 Å². The molecule has 0 aliphatic rings. The predicted molar refractivity (Wildman–Crippen MR) is 92.0 cm³/mol. The lowest BCUT2D eigenvalue weighted by molar-refractivity contribution is 0.187. The molecule has 0 aliphatic carbocycles. The molecule has 8 nitrogen and oxygen atoms in total. The Labute approximate surface area is 147 Å². The Bertz CT molecular complexity index is 659. The third kappa shape index (κ3) is 6.40. The van der Waals surface area contributed by atoms with Crippen LogP contribution in [0.25, 0.3) is 0 Å². The molecule has 1 N–H and O–H groups in total. The van der Waals surface area contributed by atoms with Gasteiger partial charge in [-0.2, -0.15) is 4.98 Å². The number of amides is 2. The highest BCUT2D eigenvalue weighted by Gasteiger charge is 2.15. The van der Waals surface area contributed by atoms with Crippen molar-refractivity contribution in [3.63, 3.8) is 0 Å². The van der Waals surface area contributed by atoms with E-state index in [2.05, 4.69) is 34.3 Å². The normalized spacial score (nSPS) is 12.0. The van der Waals surface area contributed by atoms with E-state index in [4.69, 9.17) is 9.26 Å².